The van der Waals surface area contributed by atoms with Gasteiger partial charge in [0.1, 0.15) is 47.4 Å². The molecule has 0 unspecified atom stereocenters. The standard InChI is InChI=1S/C57H64ClF6N11O4/c1-30(2)45(54(77)75-27-31(3)22-41(75)53(76)67-34(6)35-10-12-36(13-11-35)46-39(59)8-7-9-40(46)60)42-25-44(71-79-42)73-28-56(29-73)14-17-72(18-15-56)20-21-78-55-69-50-37(52(70-55)74-19-16-66-26-33(74)5)24-38(58)47(49(50)61)51-48(57(62,63)64)32(4)23-43(65)68-51/h7-13,23-25,30-31,33-34,41,45,66H,14-22,26-29H2,1-6H3,(H2,65,68)(H,67,76)/t31-,33+,34+,41+,45-/m1/s1. The van der Waals surface area contributed by atoms with Crippen molar-refractivity contribution in [3.63, 3.8) is 0 Å². The molecule has 0 aliphatic carbocycles. The van der Waals surface area contributed by atoms with Gasteiger partial charge in [-0.3, -0.25) is 14.5 Å². The zero-order valence-corrected chi connectivity index (χ0v) is 45.6. The summed E-state index contributed by atoms with van der Waals surface area (Å²) in [6.07, 6.45) is -2.60. The molecule has 7 heterocycles. The summed E-state index contributed by atoms with van der Waals surface area (Å²) in [6, 6.07) is 13.4. The molecule has 2 amide bonds. The average Bonchev–Trinajstić information content (AvgIpc) is 4.16. The van der Waals surface area contributed by atoms with Crippen LogP contribution in [0.3, 0.4) is 0 Å². The molecule has 5 atom stereocenters. The maximum atomic E-state index is 16.9. The molecule has 4 N–H and O–H groups in total. The number of carbonyl (C=O) groups excluding carboxylic acids is 2. The van der Waals surface area contributed by atoms with Crippen molar-refractivity contribution < 1.29 is 45.2 Å². The van der Waals surface area contributed by atoms with Gasteiger partial charge >= 0.3 is 12.2 Å². The summed E-state index contributed by atoms with van der Waals surface area (Å²) in [5.74, 6) is -2.49. The minimum Gasteiger partial charge on any atom is -0.462 e. The third kappa shape index (κ3) is 11.1. The number of pyridine rings is 1. The lowest BCUT2D eigenvalue weighted by Crippen LogP contribution is -2.60. The highest BCUT2D eigenvalue weighted by Gasteiger charge is 2.47. The molecule has 0 saturated carbocycles. The van der Waals surface area contributed by atoms with Gasteiger partial charge in [0.15, 0.2) is 17.4 Å². The van der Waals surface area contributed by atoms with Gasteiger partial charge in [0.25, 0.3) is 0 Å². The molecule has 15 nitrogen and oxygen atoms in total. The number of rotatable bonds is 14. The zero-order chi connectivity index (χ0) is 56.2. The Labute approximate surface area is 459 Å². The number of ether oxygens (including phenoxy) is 1. The second kappa shape index (κ2) is 22.1. The molecule has 10 rings (SSSR count). The molecule has 0 radical (unpaired) electrons. The second-order valence-electron chi connectivity index (χ2n) is 22.3. The Morgan fingerprint density at radius 2 is 1.67 bits per heavy atom. The van der Waals surface area contributed by atoms with Gasteiger partial charge in [-0.1, -0.05) is 67.9 Å². The fraction of sp³-hybridized carbons (Fsp3) is 0.474. The van der Waals surface area contributed by atoms with Crippen LogP contribution in [0.1, 0.15) is 88.3 Å². The molecule has 420 valence electrons. The maximum absolute atomic E-state index is 16.9. The number of aryl methyl sites for hydroxylation is 1. The van der Waals surface area contributed by atoms with E-state index in [-0.39, 0.29) is 80.6 Å². The third-order valence-electron chi connectivity index (χ3n) is 16.2. The predicted octanol–water partition coefficient (Wildman–Crippen LogP) is 9.96. The van der Waals surface area contributed by atoms with Crippen LogP contribution in [0.15, 0.2) is 65.2 Å². The summed E-state index contributed by atoms with van der Waals surface area (Å²) in [5, 5.41) is 10.7. The van der Waals surface area contributed by atoms with E-state index >= 15 is 4.39 Å². The summed E-state index contributed by atoms with van der Waals surface area (Å²) >= 11 is 6.66. The van der Waals surface area contributed by atoms with Crippen molar-refractivity contribution >= 4 is 51.8 Å². The van der Waals surface area contributed by atoms with E-state index in [4.69, 9.17) is 31.6 Å². The number of aromatic nitrogens is 4. The molecule has 79 heavy (non-hydrogen) atoms. The number of alkyl halides is 3. The van der Waals surface area contributed by atoms with E-state index in [2.05, 4.69) is 35.6 Å². The van der Waals surface area contributed by atoms with Gasteiger partial charge in [-0.25, -0.2) is 18.2 Å². The highest BCUT2D eigenvalue weighted by atomic mass is 35.5. The van der Waals surface area contributed by atoms with Crippen molar-refractivity contribution in [2.45, 2.75) is 91.0 Å². The van der Waals surface area contributed by atoms with E-state index in [0.717, 1.165) is 50.7 Å². The number of hydrogen-bond acceptors (Lipinski definition) is 13. The van der Waals surface area contributed by atoms with Crippen LogP contribution in [0, 0.1) is 41.6 Å². The first-order valence-corrected chi connectivity index (χ1v) is 27.2. The molecule has 3 aromatic heterocycles. The number of likely N-dealkylation sites (tertiary alicyclic amines) is 2. The maximum Gasteiger partial charge on any atom is 0.418 e. The number of fused-ring (bicyclic) bond motifs is 1. The van der Waals surface area contributed by atoms with Crippen LogP contribution >= 0.6 is 11.6 Å². The van der Waals surface area contributed by atoms with Crippen molar-refractivity contribution in [2.75, 3.05) is 81.0 Å². The monoisotopic (exact) mass is 1120 g/mol. The summed E-state index contributed by atoms with van der Waals surface area (Å²) in [4.78, 5) is 49.6. The van der Waals surface area contributed by atoms with E-state index < -0.39 is 58.5 Å². The molecule has 0 bridgehead atoms. The number of benzene rings is 3. The Balaban J connectivity index is 0.760. The molecule has 3 aromatic carbocycles. The van der Waals surface area contributed by atoms with E-state index in [1.165, 1.54) is 31.2 Å². The molecular formula is C57H64ClF6N11O4. The first-order chi connectivity index (χ1) is 37.6. The van der Waals surface area contributed by atoms with Crippen LogP contribution in [0.25, 0.3) is 33.3 Å². The Morgan fingerprint density at radius 3 is 2.34 bits per heavy atom. The minimum absolute atomic E-state index is 0.0442. The number of piperazine rings is 1. The number of nitrogens with zero attached hydrogens (tertiary/aromatic N) is 8. The Bertz CT molecular complexity index is 3230. The third-order valence-corrected chi connectivity index (χ3v) is 16.5. The van der Waals surface area contributed by atoms with Crippen molar-refractivity contribution in [1.82, 2.24) is 40.5 Å². The van der Waals surface area contributed by atoms with Gasteiger partial charge in [0, 0.05) is 68.7 Å². The number of nitrogens with one attached hydrogen (secondary N) is 2. The van der Waals surface area contributed by atoms with Gasteiger partial charge in [0.2, 0.25) is 11.8 Å². The van der Waals surface area contributed by atoms with Crippen LogP contribution in [-0.4, -0.2) is 119 Å². The number of amides is 2. The smallest absolute Gasteiger partial charge is 0.418 e. The second-order valence-corrected chi connectivity index (χ2v) is 22.7. The van der Waals surface area contributed by atoms with Crippen LogP contribution in [0.2, 0.25) is 5.02 Å². The number of piperidine rings is 1. The first-order valence-electron chi connectivity index (χ1n) is 26.8. The summed E-state index contributed by atoms with van der Waals surface area (Å²) in [7, 11) is 0. The van der Waals surface area contributed by atoms with Gasteiger partial charge < -0.3 is 40.3 Å². The Hall–Kier alpha value is -6.71. The van der Waals surface area contributed by atoms with Crippen molar-refractivity contribution in [3.05, 3.63) is 106 Å². The van der Waals surface area contributed by atoms with E-state index in [9.17, 15) is 31.5 Å². The molecule has 4 aliphatic rings. The number of nitrogens with two attached hydrogens (primary N) is 1. The lowest BCUT2D eigenvalue weighted by molar-refractivity contribution is -0.141. The zero-order valence-electron chi connectivity index (χ0n) is 44.9. The van der Waals surface area contributed by atoms with Crippen molar-refractivity contribution in [2.24, 2.45) is 17.3 Å². The molecule has 1 spiro atoms. The SMILES string of the molecule is Cc1cc(N)nc(-c2c(Cl)cc3c(N4CCNC[C@@H]4C)nc(OCCN4CCC5(CC4)CN(c4cc([C@H](C(=O)N6C[C@H](C)C[C@H]6C(=O)N[C@@H](C)c6ccc(-c7c(F)cccc7F)cc6)C(C)C)on4)C5)nc3c2F)c1C(F)(F)F. The summed E-state index contributed by atoms with van der Waals surface area (Å²) in [6.45, 7) is 16.8. The van der Waals surface area contributed by atoms with Crippen molar-refractivity contribution in [3.8, 4) is 28.4 Å². The molecule has 22 heteroatoms. The van der Waals surface area contributed by atoms with Gasteiger partial charge in [-0.05, 0) is 106 Å². The highest BCUT2D eigenvalue weighted by molar-refractivity contribution is 6.34. The van der Waals surface area contributed by atoms with Gasteiger partial charge in [-0.2, -0.15) is 23.1 Å². The largest absolute Gasteiger partial charge is 0.462 e. The molecule has 4 saturated heterocycles. The van der Waals surface area contributed by atoms with Crippen LogP contribution in [0.4, 0.5) is 43.8 Å². The topological polar surface area (TPSA) is 171 Å². The quantitative estimate of drug-likeness (QED) is 0.0882. The van der Waals surface area contributed by atoms with E-state index in [1.807, 2.05) is 45.6 Å². The number of hydrogen-bond donors (Lipinski definition) is 3. The van der Waals surface area contributed by atoms with Gasteiger partial charge in [-0.15, -0.1) is 0 Å². The summed E-state index contributed by atoms with van der Waals surface area (Å²) in [5.41, 5.74) is 4.01. The van der Waals surface area contributed by atoms with Crippen LogP contribution in [0.5, 0.6) is 6.01 Å². The number of anilines is 3. The Kier molecular flexibility index (Phi) is 15.5. The van der Waals surface area contributed by atoms with Crippen LogP contribution in [-0.2, 0) is 15.8 Å². The number of carbonyl (C=O) groups is 2. The fourth-order valence-corrected chi connectivity index (χ4v) is 12.2. The predicted molar refractivity (Wildman–Crippen MR) is 289 cm³/mol. The number of nitrogen functional groups attached to an aromatic ring is 1. The van der Waals surface area contributed by atoms with Crippen LogP contribution < -0.4 is 30.9 Å². The average molecular weight is 1120 g/mol. The normalized spacial score (nSPS) is 20.5. The summed E-state index contributed by atoms with van der Waals surface area (Å²) < 4.78 is 101. The highest BCUT2D eigenvalue weighted by Crippen LogP contribution is 2.46. The number of halogens is 7. The lowest BCUT2D eigenvalue weighted by Gasteiger charge is -2.54. The first kappa shape index (κ1) is 55.6. The van der Waals surface area contributed by atoms with E-state index in [1.54, 1.807) is 29.2 Å². The molecule has 6 aromatic rings. The van der Waals surface area contributed by atoms with Crippen molar-refractivity contribution in [1.29, 1.82) is 0 Å². The fourth-order valence-electron chi connectivity index (χ4n) is 11.9. The minimum atomic E-state index is -4.89. The Morgan fingerprint density at radius 1 is 0.962 bits per heavy atom. The molecule has 4 fully saturated rings. The van der Waals surface area contributed by atoms with Gasteiger partial charge in [0.05, 0.1) is 33.4 Å². The molecular weight excluding hydrogens is 1050 g/mol. The lowest BCUT2D eigenvalue weighted by atomic mass is 9.72. The molecule has 4 aliphatic heterocycles. The van der Waals surface area contributed by atoms with E-state index in [0.29, 0.717) is 62.1 Å².